The Hall–Kier alpha value is -2.16. The summed E-state index contributed by atoms with van der Waals surface area (Å²) < 4.78 is 5.20. The Morgan fingerprint density at radius 2 is 2.13 bits per heavy atom. The zero-order valence-electron chi connectivity index (χ0n) is 7.81. The molecule has 0 spiro atoms. The van der Waals surface area contributed by atoms with Crippen LogP contribution in [0.5, 0.6) is 0 Å². The number of carbonyl (C=O) groups is 1. The third kappa shape index (κ3) is 1.13. The molecular weight excluding hydrogens is 190 g/mol. The number of fused-ring (bicyclic) bond motifs is 3. The molecule has 0 aliphatic heterocycles. The Bertz CT molecular complexity index is 655. The fourth-order valence-corrected chi connectivity index (χ4v) is 1.75. The summed E-state index contributed by atoms with van der Waals surface area (Å²) in [7, 11) is 0. The third-order valence-electron chi connectivity index (χ3n) is 2.48. The van der Waals surface area contributed by atoms with Crippen molar-refractivity contribution in [1.82, 2.24) is 4.98 Å². The van der Waals surface area contributed by atoms with E-state index < -0.39 is 0 Å². The minimum Gasteiger partial charge on any atom is -0.443 e. The zero-order valence-corrected chi connectivity index (χ0v) is 7.81. The molecule has 15 heavy (non-hydrogen) atoms. The summed E-state index contributed by atoms with van der Waals surface area (Å²) in [6.45, 7) is 0. The van der Waals surface area contributed by atoms with Gasteiger partial charge < -0.3 is 4.42 Å². The second kappa shape index (κ2) is 2.92. The molecular formula is C12H7NO2. The largest absolute Gasteiger partial charge is 0.443 e. The number of hydrogen-bond acceptors (Lipinski definition) is 3. The molecule has 3 aromatic rings. The van der Waals surface area contributed by atoms with Gasteiger partial charge in [-0.05, 0) is 17.5 Å². The summed E-state index contributed by atoms with van der Waals surface area (Å²) in [5, 5.41) is 2.01. The van der Waals surface area contributed by atoms with Crippen molar-refractivity contribution in [2.75, 3.05) is 0 Å². The van der Waals surface area contributed by atoms with Crippen LogP contribution in [0.25, 0.3) is 21.9 Å². The molecule has 0 aliphatic rings. The van der Waals surface area contributed by atoms with Crippen molar-refractivity contribution < 1.29 is 9.21 Å². The summed E-state index contributed by atoms with van der Waals surface area (Å²) in [5.74, 6) is 0. The van der Waals surface area contributed by atoms with Crippen LogP contribution in [0.3, 0.4) is 0 Å². The Morgan fingerprint density at radius 3 is 3.00 bits per heavy atom. The topological polar surface area (TPSA) is 43.1 Å². The molecule has 0 unspecified atom stereocenters. The summed E-state index contributed by atoms with van der Waals surface area (Å²) in [4.78, 5) is 14.8. The van der Waals surface area contributed by atoms with Crippen molar-refractivity contribution in [3.8, 4) is 0 Å². The monoisotopic (exact) mass is 197 g/mol. The van der Waals surface area contributed by atoms with E-state index in [-0.39, 0.29) is 0 Å². The van der Waals surface area contributed by atoms with Gasteiger partial charge in [-0.1, -0.05) is 18.2 Å². The van der Waals surface area contributed by atoms with Crippen LogP contribution in [0.15, 0.2) is 41.1 Å². The molecule has 0 atom stereocenters. The van der Waals surface area contributed by atoms with Crippen molar-refractivity contribution in [2.24, 2.45) is 0 Å². The van der Waals surface area contributed by atoms with Crippen LogP contribution in [-0.2, 0) is 0 Å². The van der Waals surface area contributed by atoms with E-state index in [0.29, 0.717) is 5.56 Å². The summed E-state index contributed by atoms with van der Waals surface area (Å²) in [6.07, 6.45) is 2.27. The van der Waals surface area contributed by atoms with Crippen LogP contribution in [0.2, 0.25) is 0 Å². The maximum Gasteiger partial charge on any atom is 0.182 e. The fourth-order valence-electron chi connectivity index (χ4n) is 1.75. The highest BCUT2D eigenvalue weighted by atomic mass is 16.3. The Balaban J connectivity index is 2.48. The van der Waals surface area contributed by atoms with Crippen LogP contribution in [-0.4, -0.2) is 11.3 Å². The first-order chi connectivity index (χ1) is 7.38. The maximum absolute atomic E-state index is 10.6. The number of aromatic nitrogens is 1. The van der Waals surface area contributed by atoms with E-state index in [4.69, 9.17) is 4.42 Å². The van der Waals surface area contributed by atoms with Gasteiger partial charge in [0.05, 0.1) is 0 Å². The highest BCUT2D eigenvalue weighted by molar-refractivity contribution is 6.04. The first-order valence-electron chi connectivity index (χ1n) is 4.59. The molecule has 0 saturated carbocycles. The zero-order chi connectivity index (χ0) is 10.3. The van der Waals surface area contributed by atoms with E-state index in [2.05, 4.69) is 4.98 Å². The SMILES string of the molecule is O=Cc1ccc2c(ccc3ocnc32)c1. The minimum atomic E-state index is 0.672. The molecule has 3 heteroatoms. The molecule has 1 heterocycles. The molecule has 0 amide bonds. The quantitative estimate of drug-likeness (QED) is 0.563. The molecule has 72 valence electrons. The second-order valence-corrected chi connectivity index (χ2v) is 3.36. The molecule has 0 fully saturated rings. The number of carbonyl (C=O) groups excluding carboxylic acids is 1. The number of oxazole rings is 1. The normalized spacial score (nSPS) is 10.9. The fraction of sp³-hybridized carbons (Fsp3) is 0. The van der Waals surface area contributed by atoms with Gasteiger partial charge in [0.2, 0.25) is 0 Å². The van der Waals surface area contributed by atoms with Gasteiger partial charge in [0.25, 0.3) is 0 Å². The van der Waals surface area contributed by atoms with Crippen molar-refractivity contribution in [3.63, 3.8) is 0 Å². The van der Waals surface area contributed by atoms with E-state index >= 15 is 0 Å². The van der Waals surface area contributed by atoms with Gasteiger partial charge in [0.15, 0.2) is 12.0 Å². The molecule has 0 saturated heterocycles. The smallest absolute Gasteiger partial charge is 0.182 e. The lowest BCUT2D eigenvalue weighted by molar-refractivity contribution is 0.112. The second-order valence-electron chi connectivity index (χ2n) is 3.36. The van der Waals surface area contributed by atoms with Crippen molar-refractivity contribution >= 4 is 28.2 Å². The van der Waals surface area contributed by atoms with Crippen molar-refractivity contribution in [3.05, 3.63) is 42.3 Å². The van der Waals surface area contributed by atoms with Gasteiger partial charge in [-0.25, -0.2) is 4.98 Å². The van der Waals surface area contributed by atoms with Crippen LogP contribution in [0, 0.1) is 0 Å². The number of aldehydes is 1. The molecule has 3 rings (SSSR count). The Kier molecular flexibility index (Phi) is 1.59. The number of nitrogens with zero attached hydrogens (tertiary/aromatic N) is 1. The average Bonchev–Trinajstić information content (AvgIpc) is 2.76. The first-order valence-corrected chi connectivity index (χ1v) is 4.59. The van der Waals surface area contributed by atoms with E-state index in [1.165, 1.54) is 6.39 Å². The lowest BCUT2D eigenvalue weighted by Crippen LogP contribution is -1.81. The Morgan fingerprint density at radius 1 is 1.20 bits per heavy atom. The summed E-state index contributed by atoms with van der Waals surface area (Å²) >= 11 is 0. The highest BCUT2D eigenvalue weighted by Crippen LogP contribution is 2.24. The summed E-state index contributed by atoms with van der Waals surface area (Å²) in [5.41, 5.74) is 2.27. The third-order valence-corrected chi connectivity index (χ3v) is 2.48. The van der Waals surface area contributed by atoms with Gasteiger partial charge in [-0.3, -0.25) is 4.79 Å². The van der Waals surface area contributed by atoms with Crippen LogP contribution in [0.4, 0.5) is 0 Å². The van der Waals surface area contributed by atoms with Gasteiger partial charge in [-0.15, -0.1) is 0 Å². The minimum absolute atomic E-state index is 0.672. The predicted octanol–water partition coefficient (Wildman–Crippen LogP) is 2.79. The number of hydrogen-bond donors (Lipinski definition) is 0. The Labute approximate surface area is 85.3 Å². The number of benzene rings is 2. The molecule has 0 N–H and O–H groups in total. The van der Waals surface area contributed by atoms with E-state index in [9.17, 15) is 4.79 Å². The van der Waals surface area contributed by atoms with Crippen molar-refractivity contribution in [1.29, 1.82) is 0 Å². The van der Waals surface area contributed by atoms with Gasteiger partial charge >= 0.3 is 0 Å². The van der Waals surface area contributed by atoms with Crippen LogP contribution in [0.1, 0.15) is 10.4 Å². The van der Waals surface area contributed by atoms with E-state index in [1.54, 1.807) is 6.07 Å². The summed E-state index contributed by atoms with van der Waals surface area (Å²) in [6, 6.07) is 9.30. The lowest BCUT2D eigenvalue weighted by atomic mass is 10.1. The molecule has 2 aromatic carbocycles. The predicted molar refractivity (Wildman–Crippen MR) is 56.9 cm³/mol. The van der Waals surface area contributed by atoms with Crippen LogP contribution >= 0.6 is 0 Å². The molecule has 0 aliphatic carbocycles. The lowest BCUT2D eigenvalue weighted by Gasteiger charge is -1.98. The molecule has 1 aromatic heterocycles. The van der Waals surface area contributed by atoms with Gasteiger partial charge in [0.1, 0.15) is 11.8 Å². The van der Waals surface area contributed by atoms with Crippen LogP contribution < -0.4 is 0 Å². The highest BCUT2D eigenvalue weighted by Gasteiger charge is 2.04. The van der Waals surface area contributed by atoms with Crippen molar-refractivity contribution in [2.45, 2.75) is 0 Å². The van der Waals surface area contributed by atoms with Gasteiger partial charge in [-0.2, -0.15) is 0 Å². The molecule has 3 nitrogen and oxygen atoms in total. The van der Waals surface area contributed by atoms with Gasteiger partial charge in [0, 0.05) is 10.9 Å². The number of rotatable bonds is 1. The average molecular weight is 197 g/mol. The molecule has 0 radical (unpaired) electrons. The molecule has 0 bridgehead atoms. The standard InChI is InChI=1S/C12H7NO2/c14-6-8-1-3-10-9(5-8)2-4-11-12(10)13-7-15-11/h1-7H. The van der Waals surface area contributed by atoms with E-state index in [0.717, 1.165) is 28.2 Å². The maximum atomic E-state index is 10.6. The first kappa shape index (κ1) is 8.17. The van der Waals surface area contributed by atoms with E-state index in [1.807, 2.05) is 24.3 Å².